The molecule has 6 heteroatoms. The molecule has 4 N–H and O–H groups in total. The lowest BCUT2D eigenvalue weighted by atomic mass is 10.3. The first-order valence-electron chi connectivity index (χ1n) is 5.72. The van der Waals surface area contributed by atoms with Gasteiger partial charge in [0, 0.05) is 24.4 Å². The Morgan fingerprint density at radius 2 is 1.84 bits per heavy atom. The predicted octanol–water partition coefficient (Wildman–Crippen LogP) is 1.95. The summed E-state index contributed by atoms with van der Waals surface area (Å²) >= 11 is 0. The van der Waals surface area contributed by atoms with Gasteiger partial charge in [-0.15, -0.1) is 0 Å². The van der Waals surface area contributed by atoms with Crippen molar-refractivity contribution < 1.29 is 15.0 Å². The molecule has 6 nitrogen and oxygen atoms in total. The molecule has 0 unspecified atom stereocenters. The Morgan fingerprint density at radius 3 is 2.32 bits per heavy atom. The molecule has 2 aromatic rings. The van der Waals surface area contributed by atoms with Gasteiger partial charge in [-0.05, 0) is 31.2 Å². The summed E-state index contributed by atoms with van der Waals surface area (Å²) in [4.78, 5) is 11.1. The number of amides is 2. The number of nitrogens with zero attached hydrogens (tertiary/aromatic N) is 1. The fourth-order valence-corrected chi connectivity index (χ4v) is 1.75. The molecule has 0 aliphatic carbocycles. The van der Waals surface area contributed by atoms with Crippen LogP contribution in [0.3, 0.4) is 0 Å². The van der Waals surface area contributed by atoms with Crippen molar-refractivity contribution in [3.63, 3.8) is 0 Å². The van der Waals surface area contributed by atoms with Crippen molar-refractivity contribution in [1.29, 1.82) is 0 Å². The third kappa shape index (κ3) is 2.47. The van der Waals surface area contributed by atoms with Crippen molar-refractivity contribution in [2.45, 2.75) is 6.92 Å². The second-order valence-corrected chi connectivity index (χ2v) is 4.10. The zero-order chi connectivity index (χ0) is 14.0. The van der Waals surface area contributed by atoms with Crippen molar-refractivity contribution in [2.24, 2.45) is 0 Å². The molecule has 19 heavy (non-hydrogen) atoms. The molecule has 0 saturated carbocycles. The number of benzene rings is 1. The fourth-order valence-electron chi connectivity index (χ4n) is 1.75. The number of aromatic nitrogens is 1. The maximum absolute atomic E-state index is 11.1. The Balaban J connectivity index is 2.30. The number of urea groups is 1. The minimum atomic E-state index is -0.310. The predicted molar refractivity (Wildman–Crippen MR) is 71.9 cm³/mol. The van der Waals surface area contributed by atoms with Gasteiger partial charge in [-0.2, -0.15) is 0 Å². The van der Waals surface area contributed by atoms with Crippen molar-refractivity contribution in [2.75, 3.05) is 12.4 Å². The molecule has 2 amide bonds. The van der Waals surface area contributed by atoms with Crippen molar-refractivity contribution >= 4 is 11.7 Å². The van der Waals surface area contributed by atoms with Crippen LogP contribution in [0.5, 0.6) is 11.8 Å². The van der Waals surface area contributed by atoms with E-state index in [9.17, 15) is 15.0 Å². The number of carbonyl (C=O) groups is 1. The standard InChI is InChI=1S/C13H15N3O3/c1-8-7-11(17)16(12(8)18)10-5-3-9(4-6-10)15-13(19)14-2/h3-7,17-18H,1-2H3,(H2,14,15,19). The SMILES string of the molecule is CNC(=O)Nc1ccc(-n2c(O)cc(C)c2O)cc1. The van der Waals surface area contributed by atoms with Gasteiger partial charge in [-0.1, -0.05) is 0 Å². The van der Waals surface area contributed by atoms with Crippen LogP contribution >= 0.6 is 0 Å². The van der Waals surface area contributed by atoms with Crippen molar-refractivity contribution in [3.05, 3.63) is 35.9 Å². The fraction of sp³-hybridized carbons (Fsp3) is 0.154. The van der Waals surface area contributed by atoms with Gasteiger partial charge in [0.2, 0.25) is 5.88 Å². The summed E-state index contributed by atoms with van der Waals surface area (Å²) in [7, 11) is 1.53. The van der Waals surface area contributed by atoms with E-state index < -0.39 is 0 Å². The highest BCUT2D eigenvalue weighted by molar-refractivity contribution is 5.89. The van der Waals surface area contributed by atoms with E-state index in [1.165, 1.54) is 17.7 Å². The molecular formula is C13H15N3O3. The monoisotopic (exact) mass is 261 g/mol. The van der Waals surface area contributed by atoms with Crippen LogP contribution in [-0.2, 0) is 0 Å². The molecule has 0 aliphatic heterocycles. The Hall–Kier alpha value is -2.63. The van der Waals surface area contributed by atoms with E-state index in [0.29, 0.717) is 16.9 Å². The van der Waals surface area contributed by atoms with E-state index in [2.05, 4.69) is 10.6 Å². The largest absolute Gasteiger partial charge is 0.494 e. The Kier molecular flexibility index (Phi) is 3.33. The van der Waals surface area contributed by atoms with Crippen LogP contribution in [0.15, 0.2) is 30.3 Å². The first-order chi connectivity index (χ1) is 9.02. The summed E-state index contributed by atoms with van der Waals surface area (Å²) in [6.45, 7) is 1.70. The molecule has 0 saturated heterocycles. The van der Waals surface area contributed by atoms with Crippen molar-refractivity contribution in [3.8, 4) is 17.4 Å². The number of aromatic hydroxyl groups is 2. The molecule has 1 aromatic heterocycles. The normalized spacial score (nSPS) is 10.2. The van der Waals surface area contributed by atoms with Crippen LogP contribution in [-0.4, -0.2) is 27.9 Å². The summed E-state index contributed by atoms with van der Waals surface area (Å²) in [6, 6.07) is 7.90. The lowest BCUT2D eigenvalue weighted by Crippen LogP contribution is -2.24. The van der Waals surface area contributed by atoms with Gasteiger partial charge in [-0.3, -0.25) is 4.57 Å². The number of hydrogen-bond donors (Lipinski definition) is 4. The molecule has 0 atom stereocenters. The van der Waals surface area contributed by atoms with Gasteiger partial charge in [0.05, 0.1) is 5.69 Å². The molecule has 0 aliphatic rings. The van der Waals surface area contributed by atoms with Gasteiger partial charge in [0.1, 0.15) is 0 Å². The molecule has 0 bridgehead atoms. The van der Waals surface area contributed by atoms with Gasteiger partial charge in [0.25, 0.3) is 0 Å². The Bertz CT molecular complexity index is 602. The number of rotatable bonds is 2. The molecule has 2 rings (SSSR count). The molecule has 100 valence electrons. The average molecular weight is 261 g/mol. The highest BCUT2D eigenvalue weighted by Gasteiger charge is 2.12. The van der Waals surface area contributed by atoms with E-state index in [-0.39, 0.29) is 17.8 Å². The molecule has 1 aromatic carbocycles. The lowest BCUT2D eigenvalue weighted by Gasteiger charge is -2.09. The maximum Gasteiger partial charge on any atom is 0.318 e. The van der Waals surface area contributed by atoms with E-state index in [1.54, 1.807) is 31.2 Å². The maximum atomic E-state index is 11.1. The number of nitrogens with one attached hydrogen (secondary N) is 2. The minimum absolute atomic E-state index is 0.00971. The van der Waals surface area contributed by atoms with Crippen LogP contribution in [0.2, 0.25) is 0 Å². The third-order valence-electron chi connectivity index (χ3n) is 2.75. The zero-order valence-electron chi connectivity index (χ0n) is 10.6. The number of hydrogen-bond acceptors (Lipinski definition) is 3. The van der Waals surface area contributed by atoms with Crippen LogP contribution in [0, 0.1) is 6.92 Å². The zero-order valence-corrected chi connectivity index (χ0v) is 10.6. The number of anilines is 1. The molecule has 1 heterocycles. The Labute approximate surface area is 110 Å². The van der Waals surface area contributed by atoms with E-state index >= 15 is 0 Å². The van der Waals surface area contributed by atoms with Crippen LogP contribution < -0.4 is 10.6 Å². The molecular weight excluding hydrogens is 246 g/mol. The van der Waals surface area contributed by atoms with Gasteiger partial charge < -0.3 is 20.8 Å². The van der Waals surface area contributed by atoms with Gasteiger partial charge in [-0.25, -0.2) is 4.79 Å². The molecule has 0 spiro atoms. The van der Waals surface area contributed by atoms with Gasteiger partial charge >= 0.3 is 6.03 Å². The van der Waals surface area contributed by atoms with Crippen LogP contribution in [0.4, 0.5) is 10.5 Å². The summed E-state index contributed by atoms with van der Waals surface area (Å²) < 4.78 is 1.32. The Morgan fingerprint density at radius 1 is 1.21 bits per heavy atom. The summed E-state index contributed by atoms with van der Waals surface area (Å²) in [5, 5.41) is 24.7. The van der Waals surface area contributed by atoms with Crippen LogP contribution in [0.1, 0.15) is 5.56 Å². The van der Waals surface area contributed by atoms with E-state index in [1.807, 2.05) is 0 Å². The summed E-state index contributed by atoms with van der Waals surface area (Å²) in [5.74, 6) is -0.0495. The summed E-state index contributed by atoms with van der Waals surface area (Å²) in [5.41, 5.74) is 1.81. The van der Waals surface area contributed by atoms with Crippen LogP contribution in [0.25, 0.3) is 5.69 Å². The lowest BCUT2D eigenvalue weighted by molar-refractivity contribution is 0.254. The second kappa shape index (κ2) is 4.93. The number of aryl methyl sites for hydroxylation is 1. The van der Waals surface area contributed by atoms with E-state index in [0.717, 1.165) is 0 Å². The van der Waals surface area contributed by atoms with Crippen molar-refractivity contribution in [1.82, 2.24) is 9.88 Å². The first-order valence-corrected chi connectivity index (χ1v) is 5.72. The minimum Gasteiger partial charge on any atom is -0.494 e. The molecule has 0 radical (unpaired) electrons. The second-order valence-electron chi connectivity index (χ2n) is 4.10. The highest BCUT2D eigenvalue weighted by atomic mass is 16.3. The smallest absolute Gasteiger partial charge is 0.318 e. The highest BCUT2D eigenvalue weighted by Crippen LogP contribution is 2.31. The quantitative estimate of drug-likeness (QED) is 0.666. The van der Waals surface area contributed by atoms with Gasteiger partial charge in [0.15, 0.2) is 5.88 Å². The third-order valence-corrected chi connectivity index (χ3v) is 2.75. The van der Waals surface area contributed by atoms with E-state index in [4.69, 9.17) is 0 Å². The molecule has 0 fully saturated rings. The summed E-state index contributed by atoms with van der Waals surface area (Å²) in [6.07, 6.45) is 0. The topological polar surface area (TPSA) is 86.5 Å². The number of carbonyl (C=O) groups excluding carboxylic acids is 1. The average Bonchev–Trinajstić information content (AvgIpc) is 2.64. The first kappa shape index (κ1) is 12.8.